The predicted molar refractivity (Wildman–Crippen MR) is 75.6 cm³/mol. The minimum atomic E-state index is -1.19. The molecule has 1 aliphatic rings. The maximum atomic E-state index is 12.4. The molecule has 1 heterocycles. The molecule has 6 nitrogen and oxygen atoms in total. The fourth-order valence-corrected chi connectivity index (χ4v) is 2.31. The summed E-state index contributed by atoms with van der Waals surface area (Å²) >= 11 is 0. The highest BCUT2D eigenvalue weighted by molar-refractivity contribution is 5.86. The van der Waals surface area contributed by atoms with Gasteiger partial charge in [0.05, 0.1) is 0 Å². The Labute approximate surface area is 120 Å². The molecule has 0 spiro atoms. The molecular weight excluding hydrogens is 260 g/mol. The second-order valence-corrected chi connectivity index (χ2v) is 6.07. The first-order chi connectivity index (χ1) is 9.28. The van der Waals surface area contributed by atoms with Crippen molar-refractivity contribution >= 4 is 12.0 Å². The summed E-state index contributed by atoms with van der Waals surface area (Å²) in [6.07, 6.45) is 0.614. The summed E-state index contributed by atoms with van der Waals surface area (Å²) in [7, 11) is 0. The average Bonchev–Trinajstić information content (AvgIpc) is 2.36. The van der Waals surface area contributed by atoms with Gasteiger partial charge in [-0.2, -0.15) is 0 Å². The Kier molecular flexibility index (Phi) is 5.80. The molecule has 0 unspecified atom stereocenters. The van der Waals surface area contributed by atoms with E-state index in [0.717, 1.165) is 0 Å². The first-order valence-corrected chi connectivity index (χ1v) is 7.18. The van der Waals surface area contributed by atoms with Crippen molar-refractivity contribution < 1.29 is 19.4 Å². The summed E-state index contributed by atoms with van der Waals surface area (Å²) < 4.78 is 5.20. The lowest BCUT2D eigenvalue weighted by atomic mass is 9.90. The van der Waals surface area contributed by atoms with Crippen LogP contribution in [0.2, 0.25) is 0 Å². The van der Waals surface area contributed by atoms with Crippen LogP contribution in [0.4, 0.5) is 4.79 Å². The summed E-state index contributed by atoms with van der Waals surface area (Å²) in [4.78, 5) is 25.6. The Morgan fingerprint density at radius 2 is 1.80 bits per heavy atom. The normalized spacial score (nSPS) is 18.1. The van der Waals surface area contributed by atoms with E-state index in [0.29, 0.717) is 38.5 Å². The lowest BCUT2D eigenvalue weighted by molar-refractivity contribution is -0.148. The summed E-state index contributed by atoms with van der Waals surface area (Å²) in [5, 5.41) is 12.2. The van der Waals surface area contributed by atoms with Gasteiger partial charge in [-0.15, -0.1) is 0 Å². The van der Waals surface area contributed by atoms with Gasteiger partial charge >= 0.3 is 12.0 Å². The monoisotopic (exact) mass is 286 g/mol. The second kappa shape index (κ2) is 6.92. The Balaban J connectivity index is 2.80. The van der Waals surface area contributed by atoms with E-state index in [9.17, 15) is 14.7 Å². The lowest BCUT2D eigenvalue weighted by Crippen LogP contribution is -2.61. The van der Waals surface area contributed by atoms with Gasteiger partial charge in [-0.1, -0.05) is 13.8 Å². The first-order valence-electron chi connectivity index (χ1n) is 7.18. The number of ether oxygens (including phenoxy) is 1. The number of hydrogen-bond donors (Lipinski definition) is 2. The topological polar surface area (TPSA) is 78.9 Å². The number of nitrogens with zero attached hydrogens (tertiary/aromatic N) is 1. The average molecular weight is 286 g/mol. The van der Waals surface area contributed by atoms with Gasteiger partial charge in [0.2, 0.25) is 0 Å². The van der Waals surface area contributed by atoms with E-state index in [-0.39, 0.29) is 12.1 Å². The predicted octanol–water partition coefficient (Wildman–Crippen LogP) is 1.70. The van der Waals surface area contributed by atoms with Crippen LogP contribution in [0.1, 0.15) is 40.5 Å². The zero-order chi connectivity index (χ0) is 15.3. The van der Waals surface area contributed by atoms with Crippen LogP contribution in [0.5, 0.6) is 0 Å². The number of carboxylic acid groups (broad SMARTS) is 1. The third-order valence-electron chi connectivity index (χ3n) is 3.55. The fourth-order valence-electron chi connectivity index (χ4n) is 2.31. The molecular formula is C14H26N2O4. The molecule has 1 aliphatic heterocycles. The Morgan fingerprint density at radius 3 is 2.20 bits per heavy atom. The third-order valence-corrected chi connectivity index (χ3v) is 3.55. The van der Waals surface area contributed by atoms with Crippen molar-refractivity contribution in [1.82, 2.24) is 10.2 Å². The van der Waals surface area contributed by atoms with Gasteiger partial charge in [0, 0.05) is 38.6 Å². The Hall–Kier alpha value is -1.30. The number of carbonyl (C=O) groups is 2. The van der Waals surface area contributed by atoms with Gasteiger partial charge in [0.15, 0.2) is 0 Å². The van der Waals surface area contributed by atoms with Crippen molar-refractivity contribution in [2.24, 2.45) is 5.92 Å². The van der Waals surface area contributed by atoms with E-state index in [1.54, 1.807) is 4.90 Å². The van der Waals surface area contributed by atoms with Crippen molar-refractivity contribution in [2.75, 3.05) is 19.8 Å². The molecule has 116 valence electrons. The molecule has 0 saturated carbocycles. The molecule has 0 bridgehead atoms. The van der Waals surface area contributed by atoms with E-state index in [1.165, 1.54) is 0 Å². The van der Waals surface area contributed by atoms with Crippen LogP contribution in [-0.2, 0) is 9.53 Å². The molecule has 1 saturated heterocycles. The SMILES string of the molecule is CC(C)CN(C(=O)NC1(C(=O)O)CCOCC1)C(C)C. The number of aliphatic carboxylic acids is 1. The van der Waals surface area contributed by atoms with Crippen molar-refractivity contribution in [1.29, 1.82) is 0 Å². The molecule has 20 heavy (non-hydrogen) atoms. The Bertz CT molecular complexity index is 349. The molecule has 0 atom stereocenters. The summed E-state index contributed by atoms with van der Waals surface area (Å²) in [6, 6.07) is -0.277. The highest BCUT2D eigenvalue weighted by atomic mass is 16.5. The fraction of sp³-hybridized carbons (Fsp3) is 0.857. The van der Waals surface area contributed by atoms with E-state index in [4.69, 9.17) is 4.74 Å². The summed E-state index contributed by atoms with van der Waals surface area (Å²) in [5.74, 6) is -0.652. The van der Waals surface area contributed by atoms with E-state index >= 15 is 0 Å². The number of carbonyl (C=O) groups excluding carboxylic acids is 1. The third kappa shape index (κ3) is 4.10. The number of rotatable bonds is 5. The van der Waals surface area contributed by atoms with E-state index < -0.39 is 11.5 Å². The molecule has 6 heteroatoms. The molecule has 1 fully saturated rings. The highest BCUT2D eigenvalue weighted by Crippen LogP contribution is 2.22. The number of nitrogens with one attached hydrogen (secondary N) is 1. The maximum Gasteiger partial charge on any atom is 0.329 e. The molecule has 0 radical (unpaired) electrons. The van der Waals surface area contributed by atoms with Crippen LogP contribution >= 0.6 is 0 Å². The molecule has 2 amide bonds. The first kappa shape index (κ1) is 16.8. The maximum absolute atomic E-state index is 12.4. The van der Waals surface area contributed by atoms with Crippen LogP contribution in [0.25, 0.3) is 0 Å². The highest BCUT2D eigenvalue weighted by Gasteiger charge is 2.42. The quantitative estimate of drug-likeness (QED) is 0.806. The second-order valence-electron chi connectivity index (χ2n) is 6.07. The van der Waals surface area contributed by atoms with Crippen LogP contribution in [0, 0.1) is 5.92 Å². The molecule has 0 aromatic carbocycles. The van der Waals surface area contributed by atoms with Crippen molar-refractivity contribution in [2.45, 2.75) is 52.1 Å². The van der Waals surface area contributed by atoms with Crippen LogP contribution in [0.15, 0.2) is 0 Å². The minimum absolute atomic E-state index is 0.0306. The standard InChI is InChI=1S/C14H26N2O4/c1-10(2)9-16(11(3)4)13(19)15-14(12(17)18)5-7-20-8-6-14/h10-11H,5-9H2,1-4H3,(H,15,19)(H,17,18). The van der Waals surface area contributed by atoms with Crippen molar-refractivity contribution in [3.8, 4) is 0 Å². The lowest BCUT2D eigenvalue weighted by Gasteiger charge is -2.37. The number of hydrogen-bond acceptors (Lipinski definition) is 3. The van der Waals surface area contributed by atoms with Gasteiger partial charge in [-0.05, 0) is 19.8 Å². The van der Waals surface area contributed by atoms with E-state index in [1.807, 2.05) is 27.7 Å². The zero-order valence-electron chi connectivity index (χ0n) is 12.8. The Morgan fingerprint density at radius 1 is 1.25 bits per heavy atom. The molecule has 0 aromatic heterocycles. The van der Waals surface area contributed by atoms with Crippen LogP contribution in [-0.4, -0.2) is 53.3 Å². The molecule has 0 aromatic rings. The van der Waals surface area contributed by atoms with Gasteiger partial charge in [0.1, 0.15) is 5.54 Å². The summed E-state index contributed by atoms with van der Waals surface area (Å²) in [5.41, 5.74) is -1.19. The van der Waals surface area contributed by atoms with Gasteiger partial charge in [-0.25, -0.2) is 9.59 Å². The molecule has 1 rings (SSSR count). The van der Waals surface area contributed by atoms with Gasteiger partial charge < -0.3 is 20.1 Å². The van der Waals surface area contributed by atoms with Gasteiger partial charge in [-0.3, -0.25) is 0 Å². The number of urea groups is 1. The van der Waals surface area contributed by atoms with Gasteiger partial charge in [0.25, 0.3) is 0 Å². The van der Waals surface area contributed by atoms with Crippen LogP contribution in [0.3, 0.4) is 0 Å². The minimum Gasteiger partial charge on any atom is -0.480 e. The largest absolute Gasteiger partial charge is 0.480 e. The molecule has 0 aliphatic carbocycles. The number of carboxylic acids is 1. The zero-order valence-corrected chi connectivity index (χ0v) is 12.8. The summed E-state index contributed by atoms with van der Waals surface area (Å²) in [6.45, 7) is 9.25. The van der Waals surface area contributed by atoms with Crippen molar-refractivity contribution in [3.63, 3.8) is 0 Å². The van der Waals surface area contributed by atoms with Crippen LogP contribution < -0.4 is 5.32 Å². The van der Waals surface area contributed by atoms with E-state index in [2.05, 4.69) is 5.32 Å². The molecule has 2 N–H and O–H groups in total. The van der Waals surface area contributed by atoms with Crippen molar-refractivity contribution in [3.05, 3.63) is 0 Å². The number of amides is 2. The smallest absolute Gasteiger partial charge is 0.329 e.